The predicted octanol–water partition coefficient (Wildman–Crippen LogP) is 5.95. The molecule has 4 nitrogen and oxygen atoms in total. The van der Waals surface area contributed by atoms with Crippen LogP contribution in [0.25, 0.3) is 0 Å². The number of anilines is 1. The molecule has 0 bridgehead atoms. The molecule has 1 saturated carbocycles. The van der Waals surface area contributed by atoms with Gasteiger partial charge >= 0.3 is 0 Å². The lowest BCUT2D eigenvalue weighted by Crippen LogP contribution is -2.57. The van der Waals surface area contributed by atoms with Crippen LogP contribution in [0.5, 0.6) is 0 Å². The third-order valence-electron chi connectivity index (χ3n) is 8.49. The Bertz CT molecular complexity index is 725. The van der Waals surface area contributed by atoms with Crippen LogP contribution in [0.2, 0.25) is 0 Å². The second-order valence-corrected chi connectivity index (χ2v) is 11.5. The van der Waals surface area contributed by atoms with E-state index in [9.17, 15) is 4.79 Å². The molecule has 0 spiro atoms. The number of rotatable bonds is 5. The summed E-state index contributed by atoms with van der Waals surface area (Å²) in [5, 5.41) is 0. The molecule has 1 aromatic rings. The molecule has 3 fully saturated rings. The lowest BCUT2D eigenvalue weighted by molar-refractivity contribution is -0.119. The van der Waals surface area contributed by atoms with Crippen LogP contribution in [0.4, 0.5) is 5.69 Å². The van der Waals surface area contributed by atoms with Crippen molar-refractivity contribution in [3.63, 3.8) is 0 Å². The van der Waals surface area contributed by atoms with Crippen molar-refractivity contribution in [2.45, 2.75) is 84.2 Å². The maximum absolute atomic E-state index is 12.0. The summed E-state index contributed by atoms with van der Waals surface area (Å²) in [6.45, 7) is 13.4. The minimum atomic E-state index is -0.0295. The van der Waals surface area contributed by atoms with E-state index in [1.165, 1.54) is 63.3 Å². The first-order valence-corrected chi connectivity index (χ1v) is 13.2. The highest BCUT2D eigenvalue weighted by Gasteiger charge is 2.33. The van der Waals surface area contributed by atoms with E-state index in [0.717, 1.165) is 45.2 Å². The topological polar surface area (TPSA) is 26.8 Å². The van der Waals surface area contributed by atoms with Crippen LogP contribution in [0.3, 0.4) is 0 Å². The number of halogens is 1. The standard InChI is InChI=1S/C28H45N3O.ClH/c1-28(2,3)24-14-12-23(13-15-24)25-10-6-7-11-26(25)29-18-20-31(21-19-29)27(22-32)30-16-8-4-5-9-17-30;/h6-7,10-11,22-24,27H,4-5,8-9,12-21H2,1-3H3;1H. The van der Waals surface area contributed by atoms with E-state index in [1.54, 1.807) is 5.56 Å². The fraction of sp³-hybridized carbons (Fsp3) is 0.750. The molecule has 0 amide bonds. The van der Waals surface area contributed by atoms with Gasteiger partial charge in [-0.3, -0.25) is 9.80 Å². The van der Waals surface area contributed by atoms with Crippen molar-refractivity contribution in [3.8, 4) is 0 Å². The number of likely N-dealkylation sites (tertiary alicyclic amines) is 1. The number of hydrogen-bond donors (Lipinski definition) is 0. The third kappa shape index (κ3) is 6.52. The maximum Gasteiger partial charge on any atom is 0.151 e. The molecule has 2 saturated heterocycles. The molecule has 4 rings (SSSR count). The van der Waals surface area contributed by atoms with E-state index >= 15 is 0 Å². The molecular formula is C28H46ClN3O. The van der Waals surface area contributed by atoms with Gasteiger partial charge in [0.15, 0.2) is 6.29 Å². The monoisotopic (exact) mass is 475 g/mol. The van der Waals surface area contributed by atoms with E-state index in [2.05, 4.69) is 59.7 Å². The van der Waals surface area contributed by atoms with Crippen molar-refractivity contribution in [2.75, 3.05) is 44.2 Å². The number of piperazine rings is 1. The van der Waals surface area contributed by atoms with Crippen LogP contribution < -0.4 is 4.90 Å². The van der Waals surface area contributed by atoms with Gasteiger partial charge in [-0.15, -0.1) is 12.4 Å². The van der Waals surface area contributed by atoms with Crippen molar-refractivity contribution >= 4 is 24.4 Å². The highest BCUT2D eigenvalue weighted by molar-refractivity contribution is 5.85. The SMILES string of the molecule is CC(C)(C)C1CCC(c2ccccc2N2CCN(C(C=O)N3CCCCCC3)CC2)CC1.Cl. The highest BCUT2D eigenvalue weighted by Crippen LogP contribution is 2.45. The summed E-state index contributed by atoms with van der Waals surface area (Å²) in [5.74, 6) is 1.55. The van der Waals surface area contributed by atoms with E-state index in [1.807, 2.05) is 0 Å². The first-order chi connectivity index (χ1) is 15.5. The van der Waals surface area contributed by atoms with Gasteiger partial charge in [0, 0.05) is 45.0 Å². The largest absolute Gasteiger partial charge is 0.369 e. The van der Waals surface area contributed by atoms with Crippen LogP contribution in [0, 0.1) is 11.3 Å². The predicted molar refractivity (Wildman–Crippen MR) is 142 cm³/mol. The summed E-state index contributed by atoms with van der Waals surface area (Å²) >= 11 is 0. The van der Waals surface area contributed by atoms with Gasteiger partial charge in [-0.2, -0.15) is 0 Å². The minimum Gasteiger partial charge on any atom is -0.369 e. The lowest BCUT2D eigenvalue weighted by Gasteiger charge is -2.43. The molecule has 1 aromatic carbocycles. The van der Waals surface area contributed by atoms with Gasteiger partial charge in [-0.1, -0.05) is 51.8 Å². The Labute approximate surface area is 208 Å². The van der Waals surface area contributed by atoms with Gasteiger partial charge in [0.05, 0.1) is 0 Å². The summed E-state index contributed by atoms with van der Waals surface area (Å²) < 4.78 is 0. The fourth-order valence-electron chi connectivity index (χ4n) is 6.38. The Morgan fingerprint density at radius 2 is 1.39 bits per heavy atom. The van der Waals surface area contributed by atoms with Crippen molar-refractivity contribution in [1.82, 2.24) is 9.80 Å². The second-order valence-electron chi connectivity index (χ2n) is 11.5. The van der Waals surface area contributed by atoms with E-state index in [0.29, 0.717) is 11.3 Å². The quantitative estimate of drug-likeness (QED) is 0.491. The summed E-state index contributed by atoms with van der Waals surface area (Å²) in [6, 6.07) is 9.16. The van der Waals surface area contributed by atoms with Gasteiger partial charge in [0.1, 0.15) is 6.17 Å². The van der Waals surface area contributed by atoms with Crippen LogP contribution >= 0.6 is 12.4 Å². The summed E-state index contributed by atoms with van der Waals surface area (Å²) in [7, 11) is 0. The molecular weight excluding hydrogens is 430 g/mol. The second kappa shape index (κ2) is 12.0. The number of benzene rings is 1. The first kappa shape index (κ1) is 26.5. The third-order valence-corrected chi connectivity index (χ3v) is 8.49. The average Bonchev–Trinajstić information content (AvgIpc) is 3.09. The Hall–Kier alpha value is -1.10. The van der Waals surface area contributed by atoms with Crippen LogP contribution in [-0.2, 0) is 4.79 Å². The van der Waals surface area contributed by atoms with E-state index < -0.39 is 0 Å². The lowest BCUT2D eigenvalue weighted by atomic mass is 9.68. The zero-order valence-corrected chi connectivity index (χ0v) is 22.0. The Kier molecular flexibility index (Phi) is 9.67. The number of hydrogen-bond acceptors (Lipinski definition) is 4. The molecule has 1 atom stereocenters. The average molecular weight is 476 g/mol. The van der Waals surface area contributed by atoms with Gasteiger partial charge in [-0.25, -0.2) is 0 Å². The molecule has 5 heteroatoms. The Balaban J connectivity index is 0.00000306. The molecule has 2 aliphatic heterocycles. The molecule has 0 N–H and O–H groups in total. The smallest absolute Gasteiger partial charge is 0.151 e. The summed E-state index contributed by atoms with van der Waals surface area (Å²) in [6.07, 6.45) is 11.6. The Morgan fingerprint density at radius 3 is 1.97 bits per heavy atom. The normalized spacial score (nSPS) is 26.8. The Morgan fingerprint density at radius 1 is 0.818 bits per heavy atom. The summed E-state index contributed by atoms with van der Waals surface area (Å²) in [4.78, 5) is 19.5. The van der Waals surface area contributed by atoms with Gasteiger partial charge in [0.25, 0.3) is 0 Å². The number of carbonyl (C=O) groups excluding carboxylic acids is 1. The van der Waals surface area contributed by atoms with Gasteiger partial charge < -0.3 is 9.69 Å². The van der Waals surface area contributed by atoms with Crippen LogP contribution in [0.1, 0.15) is 83.6 Å². The number of para-hydroxylation sites is 1. The summed E-state index contributed by atoms with van der Waals surface area (Å²) in [5.41, 5.74) is 3.44. The molecule has 0 aromatic heterocycles. The number of nitrogens with zero attached hydrogens (tertiary/aromatic N) is 3. The van der Waals surface area contributed by atoms with Crippen molar-refractivity contribution in [3.05, 3.63) is 29.8 Å². The molecule has 2 heterocycles. The van der Waals surface area contributed by atoms with E-state index in [4.69, 9.17) is 0 Å². The maximum atomic E-state index is 12.0. The fourth-order valence-corrected chi connectivity index (χ4v) is 6.38. The molecule has 33 heavy (non-hydrogen) atoms. The molecule has 0 radical (unpaired) electrons. The molecule has 186 valence electrons. The van der Waals surface area contributed by atoms with Crippen LogP contribution in [-0.4, -0.2) is 61.5 Å². The molecule has 1 unspecified atom stereocenters. The van der Waals surface area contributed by atoms with Gasteiger partial charge in [0.2, 0.25) is 0 Å². The molecule has 3 aliphatic rings. The first-order valence-electron chi connectivity index (χ1n) is 13.2. The number of aldehydes is 1. The minimum absolute atomic E-state index is 0. The van der Waals surface area contributed by atoms with Crippen molar-refractivity contribution in [1.29, 1.82) is 0 Å². The highest BCUT2D eigenvalue weighted by atomic mass is 35.5. The molecule has 1 aliphatic carbocycles. The van der Waals surface area contributed by atoms with E-state index in [-0.39, 0.29) is 18.6 Å². The van der Waals surface area contributed by atoms with Crippen molar-refractivity contribution in [2.24, 2.45) is 11.3 Å². The zero-order chi connectivity index (χ0) is 22.6. The zero-order valence-electron chi connectivity index (χ0n) is 21.2. The number of carbonyl (C=O) groups is 1. The van der Waals surface area contributed by atoms with Crippen LogP contribution in [0.15, 0.2) is 24.3 Å². The van der Waals surface area contributed by atoms with Gasteiger partial charge in [-0.05, 0) is 67.4 Å². The van der Waals surface area contributed by atoms with Crippen molar-refractivity contribution < 1.29 is 4.79 Å².